The van der Waals surface area contributed by atoms with Gasteiger partial charge in [-0.3, -0.25) is 5.10 Å². The smallest absolute Gasteiger partial charge is 0.0565 e. The predicted octanol–water partition coefficient (Wildman–Crippen LogP) is 1.58. The fourth-order valence-corrected chi connectivity index (χ4v) is 1.57. The number of H-pyrrole nitrogens is 1. The van der Waals surface area contributed by atoms with Crippen LogP contribution in [0.3, 0.4) is 0 Å². The number of nitrogens with zero attached hydrogens (tertiary/aromatic N) is 1. The number of nitrogens with one attached hydrogen (secondary N) is 1. The maximum Gasteiger partial charge on any atom is 0.0565 e. The summed E-state index contributed by atoms with van der Waals surface area (Å²) in [5.74, 6) is 0. The normalized spacial score (nSPS) is 10.4. The molecule has 0 saturated heterocycles. The van der Waals surface area contributed by atoms with Crippen molar-refractivity contribution in [2.75, 3.05) is 6.54 Å². The van der Waals surface area contributed by atoms with Crippen LogP contribution >= 0.6 is 0 Å². The monoisotopic (exact) mass is 187 g/mol. The lowest BCUT2D eigenvalue weighted by Gasteiger charge is -2.05. The van der Waals surface area contributed by atoms with E-state index in [4.69, 9.17) is 5.73 Å². The van der Waals surface area contributed by atoms with Gasteiger partial charge >= 0.3 is 0 Å². The third-order valence-electron chi connectivity index (χ3n) is 2.24. The molecule has 0 aliphatic carbocycles. The molecule has 0 fully saturated rings. The first kappa shape index (κ1) is 8.97. The largest absolute Gasteiger partial charge is 0.330 e. The Hall–Kier alpha value is -1.61. The van der Waals surface area contributed by atoms with Gasteiger partial charge in [-0.15, -0.1) is 0 Å². The average Bonchev–Trinajstić information content (AvgIpc) is 2.72. The van der Waals surface area contributed by atoms with Crippen LogP contribution in [0.4, 0.5) is 0 Å². The Kier molecular flexibility index (Phi) is 2.60. The highest BCUT2D eigenvalue weighted by Crippen LogP contribution is 2.22. The molecule has 14 heavy (non-hydrogen) atoms. The van der Waals surface area contributed by atoms with Crippen LogP contribution < -0.4 is 5.73 Å². The number of aromatic amines is 1. The van der Waals surface area contributed by atoms with Crippen LogP contribution in [-0.4, -0.2) is 16.7 Å². The van der Waals surface area contributed by atoms with E-state index in [1.807, 2.05) is 24.5 Å². The molecule has 72 valence electrons. The SMILES string of the molecule is NCCc1ccccc1-c1cn[nH]c1. The maximum atomic E-state index is 5.56. The van der Waals surface area contributed by atoms with E-state index in [2.05, 4.69) is 22.3 Å². The van der Waals surface area contributed by atoms with Crippen LogP contribution in [0.5, 0.6) is 0 Å². The number of nitrogens with two attached hydrogens (primary N) is 1. The summed E-state index contributed by atoms with van der Waals surface area (Å²) in [6.45, 7) is 0.675. The highest BCUT2D eigenvalue weighted by Gasteiger charge is 2.03. The van der Waals surface area contributed by atoms with Gasteiger partial charge in [0.1, 0.15) is 0 Å². The first-order chi connectivity index (χ1) is 6.92. The second kappa shape index (κ2) is 4.07. The lowest BCUT2D eigenvalue weighted by Crippen LogP contribution is -2.03. The zero-order valence-electron chi connectivity index (χ0n) is 7.90. The number of rotatable bonds is 3. The molecule has 2 rings (SSSR count). The third kappa shape index (κ3) is 1.67. The molecule has 0 aliphatic rings. The van der Waals surface area contributed by atoms with E-state index in [9.17, 15) is 0 Å². The zero-order chi connectivity index (χ0) is 9.80. The number of hydrogen-bond acceptors (Lipinski definition) is 2. The molecule has 0 unspecified atom stereocenters. The van der Waals surface area contributed by atoms with Crippen LogP contribution in [0.25, 0.3) is 11.1 Å². The predicted molar refractivity (Wildman–Crippen MR) is 56.8 cm³/mol. The first-order valence-electron chi connectivity index (χ1n) is 4.69. The van der Waals surface area contributed by atoms with E-state index in [1.165, 1.54) is 11.1 Å². The average molecular weight is 187 g/mol. The summed E-state index contributed by atoms with van der Waals surface area (Å²) in [4.78, 5) is 0. The lowest BCUT2D eigenvalue weighted by atomic mass is 10.0. The van der Waals surface area contributed by atoms with Crippen molar-refractivity contribution in [1.82, 2.24) is 10.2 Å². The molecule has 0 spiro atoms. The van der Waals surface area contributed by atoms with Gasteiger partial charge in [-0.05, 0) is 24.1 Å². The summed E-state index contributed by atoms with van der Waals surface area (Å²) in [6.07, 6.45) is 4.63. The third-order valence-corrected chi connectivity index (χ3v) is 2.24. The van der Waals surface area contributed by atoms with Gasteiger partial charge in [0.25, 0.3) is 0 Å². The summed E-state index contributed by atoms with van der Waals surface area (Å²) < 4.78 is 0. The molecule has 0 atom stereocenters. The quantitative estimate of drug-likeness (QED) is 0.766. The van der Waals surface area contributed by atoms with Gasteiger partial charge in [-0.25, -0.2) is 0 Å². The Morgan fingerprint density at radius 2 is 2.14 bits per heavy atom. The highest BCUT2D eigenvalue weighted by molar-refractivity contribution is 5.65. The Balaban J connectivity index is 2.42. The molecule has 0 bridgehead atoms. The second-order valence-electron chi connectivity index (χ2n) is 3.18. The van der Waals surface area contributed by atoms with Gasteiger partial charge in [-0.2, -0.15) is 5.10 Å². The molecule has 3 heteroatoms. The minimum Gasteiger partial charge on any atom is -0.330 e. The van der Waals surface area contributed by atoms with Crippen molar-refractivity contribution in [1.29, 1.82) is 0 Å². The van der Waals surface area contributed by atoms with Crippen molar-refractivity contribution in [3.8, 4) is 11.1 Å². The van der Waals surface area contributed by atoms with Crippen LogP contribution in [0.1, 0.15) is 5.56 Å². The molecule has 0 aliphatic heterocycles. The fourth-order valence-electron chi connectivity index (χ4n) is 1.57. The molecule has 3 nitrogen and oxygen atoms in total. The molecule has 3 N–H and O–H groups in total. The summed E-state index contributed by atoms with van der Waals surface area (Å²) in [7, 11) is 0. The first-order valence-corrected chi connectivity index (χ1v) is 4.69. The molecule has 1 aromatic carbocycles. The summed E-state index contributed by atoms with van der Waals surface area (Å²) in [6, 6.07) is 8.27. The molecular formula is C11H13N3. The molecule has 0 radical (unpaired) electrons. The number of aromatic nitrogens is 2. The number of benzene rings is 1. The van der Waals surface area contributed by atoms with Gasteiger partial charge < -0.3 is 5.73 Å². The van der Waals surface area contributed by atoms with Crippen LogP contribution in [0.15, 0.2) is 36.7 Å². The standard InChI is InChI=1S/C11H13N3/c12-6-5-9-3-1-2-4-11(9)10-7-13-14-8-10/h1-4,7-8H,5-6,12H2,(H,13,14). The van der Waals surface area contributed by atoms with Gasteiger partial charge in [0.15, 0.2) is 0 Å². The van der Waals surface area contributed by atoms with E-state index in [0.29, 0.717) is 6.54 Å². The topological polar surface area (TPSA) is 54.7 Å². The summed E-state index contributed by atoms with van der Waals surface area (Å²) >= 11 is 0. The van der Waals surface area contributed by atoms with Gasteiger partial charge in [0, 0.05) is 11.8 Å². The minimum atomic E-state index is 0.675. The van der Waals surface area contributed by atoms with Crippen LogP contribution in [0, 0.1) is 0 Å². The van der Waals surface area contributed by atoms with E-state index in [-0.39, 0.29) is 0 Å². The van der Waals surface area contributed by atoms with Gasteiger partial charge in [-0.1, -0.05) is 24.3 Å². The van der Waals surface area contributed by atoms with Crippen molar-refractivity contribution in [3.05, 3.63) is 42.2 Å². The fraction of sp³-hybridized carbons (Fsp3) is 0.182. The lowest BCUT2D eigenvalue weighted by molar-refractivity contribution is 0.971. The Morgan fingerprint density at radius 1 is 1.29 bits per heavy atom. The van der Waals surface area contributed by atoms with Gasteiger partial charge in [0.05, 0.1) is 6.20 Å². The minimum absolute atomic E-state index is 0.675. The highest BCUT2D eigenvalue weighted by atomic mass is 15.1. The van der Waals surface area contributed by atoms with Crippen LogP contribution in [-0.2, 0) is 6.42 Å². The molecule has 0 amide bonds. The van der Waals surface area contributed by atoms with Crippen molar-refractivity contribution in [2.24, 2.45) is 5.73 Å². The molecule has 2 aromatic rings. The maximum absolute atomic E-state index is 5.56. The molecular weight excluding hydrogens is 174 g/mol. The second-order valence-corrected chi connectivity index (χ2v) is 3.18. The number of hydrogen-bond donors (Lipinski definition) is 2. The van der Waals surface area contributed by atoms with E-state index < -0.39 is 0 Å². The van der Waals surface area contributed by atoms with Crippen molar-refractivity contribution < 1.29 is 0 Å². The Morgan fingerprint density at radius 3 is 2.86 bits per heavy atom. The molecule has 1 heterocycles. The zero-order valence-corrected chi connectivity index (χ0v) is 7.90. The Labute approximate surface area is 83.0 Å². The molecule has 0 saturated carbocycles. The van der Waals surface area contributed by atoms with Gasteiger partial charge in [0.2, 0.25) is 0 Å². The van der Waals surface area contributed by atoms with Crippen molar-refractivity contribution >= 4 is 0 Å². The van der Waals surface area contributed by atoms with Crippen molar-refractivity contribution in [2.45, 2.75) is 6.42 Å². The van der Waals surface area contributed by atoms with Crippen LogP contribution in [0.2, 0.25) is 0 Å². The van der Waals surface area contributed by atoms with E-state index >= 15 is 0 Å². The molecule has 1 aromatic heterocycles. The van der Waals surface area contributed by atoms with E-state index in [0.717, 1.165) is 12.0 Å². The summed E-state index contributed by atoms with van der Waals surface area (Å²) in [5, 5.41) is 6.76. The van der Waals surface area contributed by atoms with E-state index in [1.54, 1.807) is 0 Å². The van der Waals surface area contributed by atoms with Crippen molar-refractivity contribution in [3.63, 3.8) is 0 Å². The Bertz CT molecular complexity index is 393. The summed E-state index contributed by atoms with van der Waals surface area (Å²) in [5.41, 5.74) is 9.17.